The first-order chi connectivity index (χ1) is 9.13. The van der Waals surface area contributed by atoms with Gasteiger partial charge in [0.2, 0.25) is 0 Å². The van der Waals surface area contributed by atoms with Crippen molar-refractivity contribution in [1.82, 2.24) is 10.2 Å². The number of hydrogen-bond acceptors (Lipinski definition) is 4. The van der Waals surface area contributed by atoms with Crippen LogP contribution in [0.15, 0.2) is 0 Å². The summed E-state index contributed by atoms with van der Waals surface area (Å²) in [5.74, 6) is 0.695. The normalized spacial score (nSPS) is 35.4. The smallest absolute Gasteiger partial charge is 0.0546 e. The molecule has 1 atom stereocenters. The van der Waals surface area contributed by atoms with Gasteiger partial charge in [-0.25, -0.2) is 0 Å². The van der Waals surface area contributed by atoms with Crippen LogP contribution in [0.2, 0.25) is 0 Å². The van der Waals surface area contributed by atoms with Gasteiger partial charge in [0, 0.05) is 31.7 Å². The fraction of sp³-hybridized carbons (Fsp3) is 1.00. The molecule has 1 saturated carbocycles. The van der Waals surface area contributed by atoms with Crippen LogP contribution in [0.25, 0.3) is 0 Å². The average molecular weight is 270 g/mol. The highest BCUT2D eigenvalue weighted by Crippen LogP contribution is 2.31. The van der Waals surface area contributed by atoms with Crippen LogP contribution in [-0.2, 0) is 4.74 Å². The summed E-state index contributed by atoms with van der Waals surface area (Å²) in [6.07, 6.45) is 4.38. The minimum Gasteiger partial charge on any atom is -0.393 e. The van der Waals surface area contributed by atoms with E-state index in [-0.39, 0.29) is 11.5 Å². The maximum Gasteiger partial charge on any atom is 0.0546 e. The van der Waals surface area contributed by atoms with Crippen LogP contribution in [0.5, 0.6) is 0 Å². The summed E-state index contributed by atoms with van der Waals surface area (Å²) in [6, 6.07) is 0. The van der Waals surface area contributed by atoms with Crippen molar-refractivity contribution >= 4 is 0 Å². The van der Waals surface area contributed by atoms with Crippen LogP contribution in [0.3, 0.4) is 0 Å². The molecule has 2 fully saturated rings. The van der Waals surface area contributed by atoms with Crippen molar-refractivity contribution in [1.29, 1.82) is 0 Å². The lowest BCUT2D eigenvalue weighted by atomic mass is 9.79. The second-order valence-corrected chi connectivity index (χ2v) is 6.62. The van der Waals surface area contributed by atoms with Gasteiger partial charge in [-0.05, 0) is 45.2 Å². The molecule has 1 aliphatic heterocycles. The molecule has 2 rings (SSSR count). The summed E-state index contributed by atoms with van der Waals surface area (Å²) in [5.41, 5.74) is 0.283. The zero-order chi connectivity index (χ0) is 13.7. The van der Waals surface area contributed by atoms with Crippen LogP contribution in [0.1, 0.15) is 32.6 Å². The molecule has 0 amide bonds. The van der Waals surface area contributed by atoms with E-state index in [0.717, 1.165) is 52.2 Å². The molecule has 2 N–H and O–H groups in total. The fourth-order valence-corrected chi connectivity index (χ4v) is 3.55. The maximum atomic E-state index is 9.37. The molecule has 4 heteroatoms. The van der Waals surface area contributed by atoms with E-state index in [2.05, 4.69) is 24.2 Å². The lowest BCUT2D eigenvalue weighted by Gasteiger charge is -2.42. The van der Waals surface area contributed by atoms with Crippen molar-refractivity contribution in [3.63, 3.8) is 0 Å². The molecule has 4 nitrogen and oxygen atoms in total. The molecule has 0 spiro atoms. The first-order valence-electron chi connectivity index (χ1n) is 7.78. The second kappa shape index (κ2) is 7.02. The number of aliphatic hydroxyl groups excluding tert-OH is 1. The monoisotopic (exact) mass is 270 g/mol. The van der Waals surface area contributed by atoms with Crippen molar-refractivity contribution in [2.24, 2.45) is 11.3 Å². The first kappa shape index (κ1) is 15.2. The molecule has 0 aromatic heterocycles. The van der Waals surface area contributed by atoms with Gasteiger partial charge < -0.3 is 20.1 Å². The summed E-state index contributed by atoms with van der Waals surface area (Å²) >= 11 is 0. The topological polar surface area (TPSA) is 44.7 Å². The Kier molecular flexibility index (Phi) is 5.63. The lowest BCUT2D eigenvalue weighted by molar-refractivity contribution is -0.0316. The van der Waals surface area contributed by atoms with E-state index < -0.39 is 0 Å². The van der Waals surface area contributed by atoms with E-state index in [1.54, 1.807) is 0 Å². The quantitative estimate of drug-likeness (QED) is 0.727. The van der Waals surface area contributed by atoms with Gasteiger partial charge in [-0.15, -0.1) is 0 Å². The van der Waals surface area contributed by atoms with Gasteiger partial charge >= 0.3 is 0 Å². The van der Waals surface area contributed by atoms with Gasteiger partial charge in [0.15, 0.2) is 0 Å². The molecule has 19 heavy (non-hydrogen) atoms. The van der Waals surface area contributed by atoms with Gasteiger partial charge in [0.25, 0.3) is 0 Å². The van der Waals surface area contributed by atoms with E-state index in [9.17, 15) is 5.11 Å². The summed E-state index contributed by atoms with van der Waals surface area (Å²) < 4.78 is 5.74. The van der Waals surface area contributed by atoms with Gasteiger partial charge in [-0.3, -0.25) is 0 Å². The van der Waals surface area contributed by atoms with Crippen LogP contribution in [-0.4, -0.2) is 62.6 Å². The molecular formula is C15H30N2O2. The van der Waals surface area contributed by atoms with Crippen LogP contribution in [0.4, 0.5) is 0 Å². The van der Waals surface area contributed by atoms with E-state index >= 15 is 0 Å². The van der Waals surface area contributed by atoms with Crippen molar-refractivity contribution < 1.29 is 9.84 Å². The second-order valence-electron chi connectivity index (χ2n) is 6.62. The van der Waals surface area contributed by atoms with E-state index in [1.165, 1.54) is 12.8 Å². The Morgan fingerprint density at radius 1 is 1.42 bits per heavy atom. The molecule has 112 valence electrons. The summed E-state index contributed by atoms with van der Waals surface area (Å²) in [7, 11) is 2.22. The minimum atomic E-state index is -0.0351. The Hall–Kier alpha value is -0.160. The SMILES string of the molecule is CCNCC1(CN(C)CC2CC(O)C2)CCCOC1. The highest BCUT2D eigenvalue weighted by atomic mass is 16.5. The van der Waals surface area contributed by atoms with Crippen molar-refractivity contribution in [2.45, 2.75) is 38.7 Å². The molecule has 0 aromatic carbocycles. The van der Waals surface area contributed by atoms with Crippen molar-refractivity contribution in [3.05, 3.63) is 0 Å². The standard InChI is InChI=1S/C15H30N2O2/c1-3-16-10-15(5-4-6-19-12-15)11-17(2)9-13-7-14(18)8-13/h13-14,16,18H,3-12H2,1-2H3. The number of nitrogens with zero attached hydrogens (tertiary/aromatic N) is 1. The Morgan fingerprint density at radius 3 is 2.79 bits per heavy atom. The molecule has 1 heterocycles. The fourth-order valence-electron chi connectivity index (χ4n) is 3.55. The largest absolute Gasteiger partial charge is 0.393 e. The molecule has 0 bridgehead atoms. The summed E-state index contributed by atoms with van der Waals surface area (Å²) in [4.78, 5) is 2.45. The Balaban J connectivity index is 1.80. The minimum absolute atomic E-state index is 0.0351. The van der Waals surface area contributed by atoms with Crippen molar-refractivity contribution in [2.75, 3.05) is 46.4 Å². The maximum absolute atomic E-state index is 9.37. The Labute approximate surface area is 117 Å². The third-order valence-corrected chi connectivity index (χ3v) is 4.54. The molecule has 0 radical (unpaired) electrons. The highest BCUT2D eigenvalue weighted by molar-refractivity contribution is 4.88. The predicted octanol–water partition coefficient (Wildman–Crippen LogP) is 1.10. The van der Waals surface area contributed by atoms with Gasteiger partial charge in [0.05, 0.1) is 12.7 Å². The van der Waals surface area contributed by atoms with E-state index in [1.807, 2.05) is 0 Å². The predicted molar refractivity (Wildman–Crippen MR) is 77.3 cm³/mol. The number of hydrogen-bond donors (Lipinski definition) is 2. The Morgan fingerprint density at radius 2 is 2.21 bits per heavy atom. The van der Waals surface area contributed by atoms with Crippen LogP contribution < -0.4 is 5.32 Å². The molecule has 1 aliphatic carbocycles. The summed E-state index contributed by atoms with van der Waals surface area (Å²) in [6.45, 7) is 8.28. The molecule has 2 aliphatic rings. The number of ether oxygens (including phenoxy) is 1. The van der Waals surface area contributed by atoms with Crippen molar-refractivity contribution in [3.8, 4) is 0 Å². The Bertz CT molecular complexity index is 261. The third kappa shape index (κ3) is 4.42. The van der Waals surface area contributed by atoms with Gasteiger partial charge in [-0.2, -0.15) is 0 Å². The van der Waals surface area contributed by atoms with E-state index in [4.69, 9.17) is 4.74 Å². The van der Waals surface area contributed by atoms with E-state index in [0.29, 0.717) is 5.92 Å². The molecular weight excluding hydrogens is 240 g/mol. The zero-order valence-corrected chi connectivity index (χ0v) is 12.5. The first-order valence-corrected chi connectivity index (χ1v) is 7.78. The summed E-state index contributed by atoms with van der Waals surface area (Å²) in [5, 5.41) is 12.9. The van der Waals surface area contributed by atoms with Gasteiger partial charge in [-0.1, -0.05) is 6.92 Å². The third-order valence-electron chi connectivity index (χ3n) is 4.54. The zero-order valence-electron chi connectivity index (χ0n) is 12.5. The highest BCUT2D eigenvalue weighted by Gasteiger charge is 2.35. The number of rotatable bonds is 7. The number of nitrogens with one attached hydrogen (secondary N) is 1. The number of aliphatic hydroxyl groups is 1. The molecule has 1 unspecified atom stereocenters. The van der Waals surface area contributed by atoms with Crippen LogP contribution in [0, 0.1) is 11.3 Å². The molecule has 1 saturated heterocycles. The molecule has 0 aromatic rings. The van der Waals surface area contributed by atoms with Crippen LogP contribution >= 0.6 is 0 Å². The average Bonchev–Trinajstić information content (AvgIpc) is 2.36. The lowest BCUT2D eigenvalue weighted by Crippen LogP contribution is -2.49. The van der Waals surface area contributed by atoms with Gasteiger partial charge in [0.1, 0.15) is 0 Å².